The van der Waals surface area contributed by atoms with Gasteiger partial charge in [-0.25, -0.2) is 0 Å². The fourth-order valence-corrected chi connectivity index (χ4v) is 1.57. The summed E-state index contributed by atoms with van der Waals surface area (Å²) in [5.41, 5.74) is 1.42. The van der Waals surface area contributed by atoms with Gasteiger partial charge in [-0.3, -0.25) is 0 Å². The summed E-state index contributed by atoms with van der Waals surface area (Å²) >= 11 is 6.56. The zero-order valence-corrected chi connectivity index (χ0v) is 10.5. The Morgan fingerprint density at radius 3 is 2.86 bits per heavy atom. The zero-order valence-electron chi connectivity index (χ0n) is 7.35. The predicted octanol–water partition coefficient (Wildman–Crippen LogP) is 3.64. The van der Waals surface area contributed by atoms with Gasteiger partial charge in [-0.1, -0.05) is 28.6 Å². The van der Waals surface area contributed by atoms with Crippen molar-refractivity contribution in [3.05, 3.63) is 39.3 Å². The molecule has 1 aromatic rings. The van der Waals surface area contributed by atoms with Crippen LogP contribution in [-0.4, -0.2) is 6.54 Å². The molecular weight excluding hydrogens is 308 g/mol. The minimum Gasteiger partial charge on any atom is -0.379 e. The first-order valence-corrected chi connectivity index (χ1v) is 5.49. The number of halogens is 2. The van der Waals surface area contributed by atoms with Crippen molar-refractivity contribution in [2.45, 2.75) is 0 Å². The third-order valence-electron chi connectivity index (χ3n) is 1.60. The van der Waals surface area contributed by atoms with E-state index >= 15 is 0 Å². The van der Waals surface area contributed by atoms with Crippen LogP contribution in [0.4, 0.5) is 5.69 Å². The number of rotatable bonds is 3. The largest absolute Gasteiger partial charge is 0.379 e. The molecule has 0 saturated heterocycles. The van der Waals surface area contributed by atoms with Gasteiger partial charge in [0.25, 0.3) is 0 Å². The van der Waals surface area contributed by atoms with Crippen LogP contribution in [-0.2, 0) is 0 Å². The number of hydrogen-bond acceptors (Lipinski definition) is 2. The quantitative estimate of drug-likeness (QED) is 0.924. The van der Waals surface area contributed by atoms with Gasteiger partial charge in [0, 0.05) is 15.5 Å². The molecule has 0 atom stereocenters. The molecule has 1 aromatic carbocycles. The molecule has 2 nitrogen and oxygen atoms in total. The summed E-state index contributed by atoms with van der Waals surface area (Å²) in [7, 11) is 0. The molecule has 0 radical (unpaired) electrons. The molecule has 14 heavy (non-hydrogen) atoms. The second-order valence-electron chi connectivity index (χ2n) is 2.65. The van der Waals surface area contributed by atoms with Crippen molar-refractivity contribution in [3.63, 3.8) is 0 Å². The van der Waals surface area contributed by atoms with Crippen LogP contribution in [0.3, 0.4) is 0 Å². The number of benzene rings is 1. The third kappa shape index (κ3) is 2.86. The fraction of sp³-hybridized carbons (Fsp3) is 0.100. The molecule has 0 aliphatic rings. The van der Waals surface area contributed by atoms with Crippen molar-refractivity contribution in [3.8, 4) is 6.07 Å². The molecule has 0 saturated carbocycles. The number of nitriles is 1. The summed E-state index contributed by atoms with van der Waals surface area (Å²) in [5.74, 6) is 0. The lowest BCUT2D eigenvalue weighted by Gasteiger charge is -2.07. The number of nitrogens with one attached hydrogen (secondary N) is 1. The summed E-state index contributed by atoms with van der Waals surface area (Å²) in [6.07, 6.45) is 0. The summed E-state index contributed by atoms with van der Waals surface area (Å²) in [6, 6.07) is 7.71. The smallest absolute Gasteiger partial charge is 0.103 e. The van der Waals surface area contributed by atoms with Crippen LogP contribution in [0, 0.1) is 11.3 Å². The van der Waals surface area contributed by atoms with Crippen LogP contribution in [0.2, 0.25) is 0 Å². The van der Waals surface area contributed by atoms with E-state index in [-0.39, 0.29) is 0 Å². The lowest BCUT2D eigenvalue weighted by Crippen LogP contribution is -2.02. The van der Waals surface area contributed by atoms with Crippen LogP contribution in [0.15, 0.2) is 33.7 Å². The normalized spacial score (nSPS) is 9.21. The Labute approximate surface area is 99.9 Å². The van der Waals surface area contributed by atoms with Gasteiger partial charge in [0.05, 0.1) is 11.3 Å². The maximum atomic E-state index is 8.91. The summed E-state index contributed by atoms with van der Waals surface area (Å²) in [5, 5.41) is 12.0. The summed E-state index contributed by atoms with van der Waals surface area (Å²) in [6.45, 7) is 4.31. The number of hydrogen-bond donors (Lipinski definition) is 1. The minimum absolute atomic E-state index is 0.602. The fourth-order valence-electron chi connectivity index (χ4n) is 0.976. The second-order valence-corrected chi connectivity index (χ2v) is 4.62. The Hall–Kier alpha value is -0.790. The van der Waals surface area contributed by atoms with E-state index in [4.69, 9.17) is 5.26 Å². The maximum absolute atomic E-state index is 8.91. The molecule has 1 N–H and O–H groups in total. The molecule has 72 valence electrons. The first-order valence-electron chi connectivity index (χ1n) is 3.91. The van der Waals surface area contributed by atoms with E-state index in [1.807, 2.05) is 18.2 Å². The van der Waals surface area contributed by atoms with Crippen LogP contribution in [0.1, 0.15) is 5.56 Å². The van der Waals surface area contributed by atoms with Gasteiger partial charge in [0.1, 0.15) is 6.07 Å². The molecule has 0 spiro atoms. The monoisotopic (exact) mass is 314 g/mol. The van der Waals surface area contributed by atoms with Gasteiger partial charge >= 0.3 is 0 Å². The highest BCUT2D eigenvalue weighted by molar-refractivity contribution is 9.11. The molecule has 0 heterocycles. The van der Waals surface area contributed by atoms with E-state index in [0.29, 0.717) is 12.1 Å². The van der Waals surface area contributed by atoms with Crippen molar-refractivity contribution in [1.82, 2.24) is 0 Å². The molecule has 0 aromatic heterocycles. The average Bonchev–Trinajstić information content (AvgIpc) is 2.14. The summed E-state index contributed by atoms with van der Waals surface area (Å²) in [4.78, 5) is 0. The predicted molar refractivity (Wildman–Crippen MR) is 65.4 cm³/mol. The molecule has 1 rings (SSSR count). The highest BCUT2D eigenvalue weighted by atomic mass is 79.9. The molecular formula is C10H8Br2N2. The number of nitrogens with zero attached hydrogens (tertiary/aromatic N) is 1. The van der Waals surface area contributed by atoms with Crippen molar-refractivity contribution in [2.24, 2.45) is 0 Å². The van der Waals surface area contributed by atoms with E-state index in [2.05, 4.69) is 49.8 Å². The van der Waals surface area contributed by atoms with E-state index in [1.54, 1.807) is 0 Å². The van der Waals surface area contributed by atoms with Gasteiger partial charge in [-0.2, -0.15) is 5.26 Å². The Morgan fingerprint density at radius 2 is 2.29 bits per heavy atom. The molecule has 0 amide bonds. The van der Waals surface area contributed by atoms with Crippen LogP contribution in [0.5, 0.6) is 0 Å². The van der Waals surface area contributed by atoms with E-state index in [1.165, 1.54) is 0 Å². The van der Waals surface area contributed by atoms with Gasteiger partial charge in [0.15, 0.2) is 0 Å². The Bertz CT molecular complexity index is 394. The van der Waals surface area contributed by atoms with Gasteiger partial charge in [0.2, 0.25) is 0 Å². The highest BCUT2D eigenvalue weighted by Crippen LogP contribution is 2.23. The molecule has 0 bridgehead atoms. The zero-order chi connectivity index (χ0) is 10.6. The van der Waals surface area contributed by atoms with Crippen molar-refractivity contribution >= 4 is 37.5 Å². The van der Waals surface area contributed by atoms with Crippen LogP contribution < -0.4 is 5.32 Å². The molecule has 4 heteroatoms. The summed E-state index contributed by atoms with van der Waals surface area (Å²) < 4.78 is 1.64. The lowest BCUT2D eigenvalue weighted by atomic mass is 10.2. The second kappa shape index (κ2) is 5.18. The van der Waals surface area contributed by atoms with E-state index < -0.39 is 0 Å². The van der Waals surface area contributed by atoms with Crippen LogP contribution >= 0.6 is 31.9 Å². The number of anilines is 1. The average molecular weight is 316 g/mol. The van der Waals surface area contributed by atoms with Gasteiger partial charge < -0.3 is 5.32 Å². The highest BCUT2D eigenvalue weighted by Gasteiger charge is 2.04. The van der Waals surface area contributed by atoms with Crippen molar-refractivity contribution < 1.29 is 0 Å². The van der Waals surface area contributed by atoms with Crippen LogP contribution in [0.25, 0.3) is 0 Å². The molecule has 0 fully saturated rings. The van der Waals surface area contributed by atoms with Crippen molar-refractivity contribution in [1.29, 1.82) is 5.26 Å². The standard InChI is InChI=1S/C10H8Br2N2/c1-7(11)6-14-10-4-2-3-9(12)8(10)5-13/h2-4,14H,1,6H2. The molecule has 0 aliphatic carbocycles. The lowest BCUT2D eigenvalue weighted by molar-refractivity contribution is 1.31. The first-order chi connectivity index (χ1) is 6.65. The minimum atomic E-state index is 0.602. The Balaban J connectivity index is 2.92. The van der Waals surface area contributed by atoms with Gasteiger partial charge in [-0.15, -0.1) is 0 Å². The maximum Gasteiger partial charge on any atom is 0.103 e. The third-order valence-corrected chi connectivity index (χ3v) is 2.54. The molecule has 0 aliphatic heterocycles. The SMILES string of the molecule is C=C(Br)CNc1cccc(Br)c1C#N. The first kappa shape index (κ1) is 11.3. The Morgan fingerprint density at radius 1 is 1.57 bits per heavy atom. The Kier molecular flexibility index (Phi) is 4.18. The van der Waals surface area contributed by atoms with E-state index in [9.17, 15) is 0 Å². The van der Waals surface area contributed by atoms with Crippen molar-refractivity contribution in [2.75, 3.05) is 11.9 Å². The van der Waals surface area contributed by atoms with Gasteiger partial charge in [-0.05, 0) is 28.1 Å². The topological polar surface area (TPSA) is 35.8 Å². The van der Waals surface area contributed by atoms with E-state index in [0.717, 1.165) is 14.6 Å². The molecule has 0 unspecified atom stereocenters.